The van der Waals surface area contributed by atoms with Crippen molar-refractivity contribution in [3.8, 4) is 5.75 Å². The predicted octanol–water partition coefficient (Wildman–Crippen LogP) is 4.02. The van der Waals surface area contributed by atoms with Gasteiger partial charge in [-0.2, -0.15) is 18.3 Å². The molecule has 0 aliphatic rings. The first kappa shape index (κ1) is 28.2. The van der Waals surface area contributed by atoms with Crippen molar-refractivity contribution in [2.75, 3.05) is 23.3 Å². The van der Waals surface area contributed by atoms with Crippen LogP contribution in [-0.4, -0.2) is 40.1 Å². The lowest BCUT2D eigenvalue weighted by Gasteiger charge is -2.24. The zero-order chi connectivity index (χ0) is 27.9. The number of hydrogen-bond acceptors (Lipinski definition) is 6. The van der Waals surface area contributed by atoms with E-state index in [-0.39, 0.29) is 22.1 Å². The fourth-order valence-corrected chi connectivity index (χ4v) is 4.73. The van der Waals surface area contributed by atoms with Crippen LogP contribution < -0.4 is 19.8 Å². The van der Waals surface area contributed by atoms with Gasteiger partial charge in [-0.05, 0) is 54.6 Å². The topological polar surface area (TPSA) is 117 Å². The van der Waals surface area contributed by atoms with Crippen LogP contribution in [0.5, 0.6) is 5.75 Å². The predicted molar refractivity (Wildman–Crippen MR) is 135 cm³/mol. The second-order valence-electron chi connectivity index (χ2n) is 7.79. The second-order valence-corrected chi connectivity index (χ2v) is 9.66. The van der Waals surface area contributed by atoms with E-state index in [2.05, 4.69) is 15.8 Å². The van der Waals surface area contributed by atoms with Gasteiger partial charge in [0.15, 0.2) is 0 Å². The minimum Gasteiger partial charge on any atom is -0.497 e. The van der Waals surface area contributed by atoms with E-state index < -0.39 is 34.2 Å². The van der Waals surface area contributed by atoms with Crippen LogP contribution in [0.2, 0.25) is 0 Å². The molecular weight excluding hydrogens is 525 g/mol. The number of hydrogen-bond donors (Lipinski definition) is 2. The van der Waals surface area contributed by atoms with Gasteiger partial charge in [-0.1, -0.05) is 18.2 Å². The van der Waals surface area contributed by atoms with Crippen LogP contribution in [0.15, 0.2) is 82.8 Å². The zero-order valence-corrected chi connectivity index (χ0v) is 21.0. The van der Waals surface area contributed by atoms with Crippen LogP contribution in [0.4, 0.5) is 24.5 Å². The summed E-state index contributed by atoms with van der Waals surface area (Å²) < 4.78 is 72.4. The Bertz CT molecular complexity index is 1420. The molecule has 0 spiro atoms. The third kappa shape index (κ3) is 7.09. The molecule has 0 aromatic heterocycles. The highest BCUT2D eigenvalue weighted by Gasteiger charge is 2.32. The largest absolute Gasteiger partial charge is 0.497 e. The van der Waals surface area contributed by atoms with E-state index in [1.807, 2.05) is 0 Å². The molecule has 0 saturated heterocycles. The van der Waals surface area contributed by atoms with Crippen molar-refractivity contribution in [2.24, 2.45) is 5.10 Å². The number of halogens is 3. The Morgan fingerprint density at radius 1 is 1.00 bits per heavy atom. The van der Waals surface area contributed by atoms with E-state index in [9.17, 15) is 31.2 Å². The number of benzene rings is 3. The molecule has 0 atom stereocenters. The highest BCUT2D eigenvalue weighted by molar-refractivity contribution is 7.92. The van der Waals surface area contributed by atoms with E-state index in [4.69, 9.17) is 4.74 Å². The lowest BCUT2D eigenvalue weighted by molar-refractivity contribution is -0.137. The van der Waals surface area contributed by atoms with Crippen LogP contribution in [0.1, 0.15) is 18.1 Å². The van der Waals surface area contributed by atoms with Crippen molar-refractivity contribution >= 4 is 39.4 Å². The lowest BCUT2D eigenvalue weighted by atomic mass is 10.1. The zero-order valence-electron chi connectivity index (χ0n) is 20.2. The Morgan fingerprint density at radius 2 is 1.63 bits per heavy atom. The summed E-state index contributed by atoms with van der Waals surface area (Å²) in [6.45, 7) is 0.569. The second kappa shape index (κ2) is 11.8. The van der Waals surface area contributed by atoms with Crippen LogP contribution in [-0.2, 0) is 25.8 Å². The number of sulfonamides is 1. The fourth-order valence-electron chi connectivity index (χ4n) is 3.31. The average Bonchev–Trinajstić information content (AvgIpc) is 2.87. The van der Waals surface area contributed by atoms with Crippen molar-refractivity contribution in [1.29, 1.82) is 0 Å². The Morgan fingerprint density at radius 3 is 2.21 bits per heavy atom. The van der Waals surface area contributed by atoms with Crippen molar-refractivity contribution in [2.45, 2.75) is 18.0 Å². The Hall–Kier alpha value is -4.39. The van der Waals surface area contributed by atoms with Gasteiger partial charge in [0.25, 0.3) is 15.9 Å². The summed E-state index contributed by atoms with van der Waals surface area (Å²) in [6, 6.07) is 15.8. The number of nitrogens with one attached hydrogen (secondary N) is 2. The number of ether oxygens (including phenoxy) is 1. The van der Waals surface area contributed by atoms with E-state index in [0.717, 1.165) is 16.6 Å². The number of anilines is 2. The highest BCUT2D eigenvalue weighted by Crippen LogP contribution is 2.31. The maximum atomic E-state index is 13.5. The molecule has 0 radical (unpaired) electrons. The van der Waals surface area contributed by atoms with Gasteiger partial charge in [0, 0.05) is 18.2 Å². The summed E-state index contributed by atoms with van der Waals surface area (Å²) in [5.41, 5.74) is 1.35. The van der Waals surface area contributed by atoms with Gasteiger partial charge >= 0.3 is 6.18 Å². The minimum atomic E-state index is -4.62. The third-order valence-electron chi connectivity index (χ3n) is 5.07. The van der Waals surface area contributed by atoms with Gasteiger partial charge in [0.05, 0.1) is 29.5 Å². The molecule has 0 aliphatic heterocycles. The number of alkyl halides is 3. The molecule has 9 nitrogen and oxygen atoms in total. The van der Waals surface area contributed by atoms with Crippen LogP contribution >= 0.6 is 0 Å². The van der Waals surface area contributed by atoms with Gasteiger partial charge < -0.3 is 10.1 Å². The molecule has 2 N–H and O–H groups in total. The van der Waals surface area contributed by atoms with Crippen LogP contribution in [0.25, 0.3) is 0 Å². The Balaban J connectivity index is 1.87. The molecule has 3 aromatic rings. The minimum absolute atomic E-state index is 0.123. The number of methoxy groups -OCH3 is 1. The maximum Gasteiger partial charge on any atom is 0.417 e. The summed E-state index contributed by atoms with van der Waals surface area (Å²) >= 11 is 0. The molecule has 38 heavy (non-hydrogen) atoms. The number of nitrogens with zero attached hydrogens (tertiary/aromatic N) is 2. The molecular formula is C25H23F3N4O5S. The van der Waals surface area contributed by atoms with Crippen LogP contribution in [0.3, 0.4) is 0 Å². The quantitative estimate of drug-likeness (QED) is 0.310. The molecule has 0 saturated carbocycles. The first-order valence-electron chi connectivity index (χ1n) is 10.9. The normalized spacial score (nSPS) is 11.7. The summed E-state index contributed by atoms with van der Waals surface area (Å²) in [6.07, 6.45) is -3.80. The van der Waals surface area contributed by atoms with Crippen LogP contribution in [0, 0.1) is 0 Å². The fraction of sp³-hybridized carbons (Fsp3) is 0.160. The maximum absolute atomic E-state index is 13.5. The number of rotatable bonds is 9. The van der Waals surface area contributed by atoms with Gasteiger partial charge in [-0.25, -0.2) is 13.8 Å². The first-order valence-corrected chi connectivity index (χ1v) is 12.4. The van der Waals surface area contributed by atoms with Gasteiger partial charge in [-0.15, -0.1) is 0 Å². The van der Waals surface area contributed by atoms with Gasteiger partial charge in [-0.3, -0.25) is 13.9 Å². The molecule has 13 heteroatoms. The molecule has 3 rings (SSSR count). The first-order chi connectivity index (χ1) is 17.9. The third-order valence-corrected chi connectivity index (χ3v) is 6.86. The van der Waals surface area contributed by atoms with Crippen molar-refractivity contribution in [1.82, 2.24) is 5.43 Å². The van der Waals surface area contributed by atoms with E-state index in [0.29, 0.717) is 11.4 Å². The molecule has 0 fully saturated rings. The lowest BCUT2D eigenvalue weighted by Crippen LogP contribution is -2.39. The van der Waals surface area contributed by atoms with Crippen molar-refractivity contribution in [3.05, 3.63) is 83.9 Å². The molecule has 2 amide bonds. The van der Waals surface area contributed by atoms with Crippen molar-refractivity contribution < 1.29 is 35.9 Å². The highest BCUT2D eigenvalue weighted by atomic mass is 32.2. The number of amides is 2. The smallest absolute Gasteiger partial charge is 0.417 e. The Labute approximate surface area is 217 Å². The molecule has 0 unspecified atom stereocenters. The van der Waals surface area contributed by atoms with E-state index >= 15 is 0 Å². The summed E-state index contributed by atoms with van der Waals surface area (Å²) in [4.78, 5) is 23.7. The molecule has 0 bridgehead atoms. The average molecular weight is 549 g/mol. The van der Waals surface area contributed by atoms with E-state index in [1.165, 1.54) is 80.8 Å². The molecule has 0 heterocycles. The monoisotopic (exact) mass is 548 g/mol. The summed E-state index contributed by atoms with van der Waals surface area (Å²) in [7, 11) is -2.87. The number of carbonyl (C=O) groups excluding carboxylic acids is 2. The van der Waals surface area contributed by atoms with E-state index in [1.54, 1.807) is 0 Å². The Kier molecular flexibility index (Phi) is 8.73. The summed E-state index contributed by atoms with van der Waals surface area (Å²) in [5.74, 6) is -0.793. The molecule has 0 aliphatic carbocycles. The standard InChI is InChI=1S/C25H23F3N4O5S/c1-17(33)30-19-7-13-22(14-8-19)38(35,36)32(20-9-11-21(37-2)12-10-20)16-24(34)31-29-15-18-5-3-4-6-23(18)25(26,27)28/h3-15H,16H2,1-2H3,(H,30,33)(H,31,34)/b29-15-. The summed E-state index contributed by atoms with van der Waals surface area (Å²) in [5, 5.41) is 6.10. The number of hydrazone groups is 1. The van der Waals surface area contributed by atoms with Gasteiger partial charge in [0.1, 0.15) is 12.3 Å². The number of carbonyl (C=O) groups is 2. The molecule has 3 aromatic carbocycles. The van der Waals surface area contributed by atoms with Crippen molar-refractivity contribution in [3.63, 3.8) is 0 Å². The van der Waals surface area contributed by atoms with Gasteiger partial charge in [0.2, 0.25) is 5.91 Å². The molecule has 200 valence electrons. The SMILES string of the molecule is COc1ccc(N(CC(=O)N/N=C\c2ccccc2C(F)(F)F)S(=O)(=O)c2ccc(NC(C)=O)cc2)cc1.